The molecule has 0 saturated heterocycles. The van der Waals surface area contributed by atoms with Crippen molar-refractivity contribution in [1.82, 2.24) is 0 Å². The molecule has 0 bridgehead atoms. The van der Waals surface area contributed by atoms with Crippen molar-refractivity contribution >= 4 is 11.6 Å². The average molecular weight is 285 g/mol. The molecular weight excluding hydrogens is 266 g/mol. The van der Waals surface area contributed by atoms with Gasteiger partial charge in [-0.15, -0.1) is 0 Å². The summed E-state index contributed by atoms with van der Waals surface area (Å²) >= 11 is 0. The Morgan fingerprint density at radius 2 is 1.62 bits per heavy atom. The Morgan fingerprint density at radius 3 is 2.24 bits per heavy atom. The van der Waals surface area contributed by atoms with Gasteiger partial charge in [-0.3, -0.25) is 4.79 Å². The number of ether oxygens (including phenoxy) is 2. The lowest BCUT2D eigenvalue weighted by molar-refractivity contribution is 0.102. The summed E-state index contributed by atoms with van der Waals surface area (Å²) in [6, 6.07) is 10.9. The highest BCUT2D eigenvalue weighted by Crippen LogP contribution is 2.28. The van der Waals surface area contributed by atoms with E-state index < -0.39 is 0 Å². The SMILES string of the molecule is COc1ccc(C(=O)Nc2ccc(C)c(C)c2)cc1OC. The van der Waals surface area contributed by atoms with E-state index in [0.29, 0.717) is 17.1 Å². The van der Waals surface area contributed by atoms with Crippen molar-refractivity contribution < 1.29 is 14.3 Å². The van der Waals surface area contributed by atoms with Gasteiger partial charge in [-0.05, 0) is 55.3 Å². The van der Waals surface area contributed by atoms with Crippen molar-refractivity contribution in [1.29, 1.82) is 0 Å². The molecule has 0 aliphatic rings. The van der Waals surface area contributed by atoms with E-state index >= 15 is 0 Å². The van der Waals surface area contributed by atoms with Crippen molar-refractivity contribution in [2.45, 2.75) is 13.8 Å². The Bertz CT molecular complexity index is 665. The maximum absolute atomic E-state index is 12.3. The Kier molecular flexibility index (Phi) is 4.48. The monoisotopic (exact) mass is 285 g/mol. The van der Waals surface area contributed by atoms with Gasteiger partial charge in [0.15, 0.2) is 11.5 Å². The van der Waals surface area contributed by atoms with Gasteiger partial charge in [-0.2, -0.15) is 0 Å². The van der Waals surface area contributed by atoms with Crippen LogP contribution >= 0.6 is 0 Å². The van der Waals surface area contributed by atoms with Crippen molar-refractivity contribution in [2.24, 2.45) is 0 Å². The lowest BCUT2D eigenvalue weighted by Gasteiger charge is -2.11. The third-order valence-corrected chi connectivity index (χ3v) is 3.41. The van der Waals surface area contributed by atoms with Gasteiger partial charge in [0, 0.05) is 11.3 Å². The van der Waals surface area contributed by atoms with Crippen LogP contribution in [-0.2, 0) is 0 Å². The molecule has 0 saturated carbocycles. The Hall–Kier alpha value is -2.49. The van der Waals surface area contributed by atoms with Gasteiger partial charge in [0.2, 0.25) is 0 Å². The molecule has 0 aliphatic heterocycles. The number of amides is 1. The first-order valence-corrected chi connectivity index (χ1v) is 6.65. The minimum atomic E-state index is -0.181. The second-order valence-corrected chi connectivity index (χ2v) is 4.82. The maximum atomic E-state index is 12.3. The zero-order valence-electron chi connectivity index (χ0n) is 12.7. The number of carbonyl (C=O) groups is 1. The quantitative estimate of drug-likeness (QED) is 0.934. The third-order valence-electron chi connectivity index (χ3n) is 3.41. The molecule has 2 rings (SSSR count). The van der Waals surface area contributed by atoms with Crippen molar-refractivity contribution in [3.8, 4) is 11.5 Å². The normalized spacial score (nSPS) is 10.1. The molecule has 21 heavy (non-hydrogen) atoms. The van der Waals surface area contributed by atoms with Gasteiger partial charge in [0.05, 0.1) is 14.2 Å². The van der Waals surface area contributed by atoms with Crippen LogP contribution in [0.25, 0.3) is 0 Å². The number of carbonyl (C=O) groups excluding carboxylic acids is 1. The van der Waals surface area contributed by atoms with E-state index in [1.165, 1.54) is 5.56 Å². The number of benzene rings is 2. The first kappa shape index (κ1) is 14.9. The molecule has 2 aromatic rings. The zero-order valence-corrected chi connectivity index (χ0v) is 12.7. The molecule has 0 atom stereocenters. The molecule has 1 amide bonds. The number of methoxy groups -OCH3 is 2. The molecule has 0 spiro atoms. The number of hydrogen-bond acceptors (Lipinski definition) is 3. The topological polar surface area (TPSA) is 47.6 Å². The van der Waals surface area contributed by atoms with Crippen LogP contribution in [-0.4, -0.2) is 20.1 Å². The lowest BCUT2D eigenvalue weighted by Crippen LogP contribution is -2.12. The summed E-state index contributed by atoms with van der Waals surface area (Å²) in [7, 11) is 3.11. The van der Waals surface area contributed by atoms with Crippen LogP contribution in [0, 0.1) is 13.8 Å². The number of rotatable bonds is 4. The predicted octanol–water partition coefficient (Wildman–Crippen LogP) is 3.57. The van der Waals surface area contributed by atoms with Crippen LogP contribution in [0.5, 0.6) is 11.5 Å². The fraction of sp³-hybridized carbons (Fsp3) is 0.235. The summed E-state index contributed by atoms with van der Waals surface area (Å²) in [5.74, 6) is 0.949. The molecule has 0 aromatic heterocycles. The zero-order chi connectivity index (χ0) is 15.4. The highest BCUT2D eigenvalue weighted by molar-refractivity contribution is 6.04. The number of aryl methyl sites for hydroxylation is 2. The van der Waals surface area contributed by atoms with E-state index in [1.54, 1.807) is 32.4 Å². The molecule has 0 aliphatic carbocycles. The summed E-state index contributed by atoms with van der Waals surface area (Å²) in [4.78, 5) is 12.3. The molecule has 4 nitrogen and oxygen atoms in total. The van der Waals surface area contributed by atoms with E-state index in [9.17, 15) is 4.79 Å². The van der Waals surface area contributed by atoms with Gasteiger partial charge in [-0.25, -0.2) is 0 Å². The van der Waals surface area contributed by atoms with Crippen LogP contribution in [0.3, 0.4) is 0 Å². The van der Waals surface area contributed by atoms with Crippen LogP contribution < -0.4 is 14.8 Å². The third kappa shape index (κ3) is 3.34. The molecule has 0 heterocycles. The van der Waals surface area contributed by atoms with Gasteiger partial charge >= 0.3 is 0 Å². The van der Waals surface area contributed by atoms with Crippen molar-refractivity contribution in [3.05, 3.63) is 53.1 Å². The largest absolute Gasteiger partial charge is 0.493 e. The van der Waals surface area contributed by atoms with Crippen LogP contribution in [0.4, 0.5) is 5.69 Å². The number of anilines is 1. The molecule has 110 valence electrons. The summed E-state index contributed by atoms with van der Waals surface area (Å²) < 4.78 is 10.4. The van der Waals surface area contributed by atoms with E-state index in [4.69, 9.17) is 9.47 Å². The Morgan fingerprint density at radius 1 is 0.905 bits per heavy atom. The first-order chi connectivity index (χ1) is 10.0. The van der Waals surface area contributed by atoms with Crippen molar-refractivity contribution in [2.75, 3.05) is 19.5 Å². The fourth-order valence-corrected chi connectivity index (χ4v) is 2.00. The lowest BCUT2D eigenvalue weighted by atomic mass is 10.1. The smallest absolute Gasteiger partial charge is 0.255 e. The van der Waals surface area contributed by atoms with E-state index in [0.717, 1.165) is 11.3 Å². The second kappa shape index (κ2) is 6.31. The molecule has 0 radical (unpaired) electrons. The molecule has 2 aromatic carbocycles. The van der Waals surface area contributed by atoms with E-state index in [2.05, 4.69) is 5.32 Å². The number of hydrogen-bond donors (Lipinski definition) is 1. The summed E-state index contributed by atoms with van der Waals surface area (Å²) in [5, 5.41) is 2.88. The van der Waals surface area contributed by atoms with Gasteiger partial charge in [-0.1, -0.05) is 6.07 Å². The average Bonchev–Trinajstić information content (AvgIpc) is 2.50. The van der Waals surface area contributed by atoms with E-state index in [-0.39, 0.29) is 5.91 Å². The second-order valence-electron chi connectivity index (χ2n) is 4.82. The fourth-order valence-electron chi connectivity index (χ4n) is 2.00. The molecule has 1 N–H and O–H groups in total. The molecule has 0 fully saturated rings. The first-order valence-electron chi connectivity index (χ1n) is 6.65. The van der Waals surface area contributed by atoms with Gasteiger partial charge in [0.1, 0.15) is 0 Å². The number of nitrogens with one attached hydrogen (secondary N) is 1. The highest BCUT2D eigenvalue weighted by Gasteiger charge is 2.11. The van der Waals surface area contributed by atoms with Crippen LogP contribution in [0.15, 0.2) is 36.4 Å². The summed E-state index contributed by atoms with van der Waals surface area (Å²) in [6.45, 7) is 4.05. The molecular formula is C17H19NO3. The standard InChI is InChI=1S/C17H19NO3/c1-11-5-7-14(9-12(11)2)18-17(19)13-6-8-15(20-3)16(10-13)21-4/h5-10H,1-4H3,(H,18,19). The van der Waals surface area contributed by atoms with Crippen molar-refractivity contribution in [3.63, 3.8) is 0 Å². The Labute approximate surface area is 124 Å². The minimum Gasteiger partial charge on any atom is -0.493 e. The van der Waals surface area contributed by atoms with Gasteiger partial charge < -0.3 is 14.8 Å². The van der Waals surface area contributed by atoms with E-state index in [1.807, 2.05) is 32.0 Å². The Balaban J connectivity index is 2.21. The van der Waals surface area contributed by atoms with Crippen LogP contribution in [0.2, 0.25) is 0 Å². The minimum absolute atomic E-state index is 0.181. The maximum Gasteiger partial charge on any atom is 0.255 e. The molecule has 4 heteroatoms. The summed E-state index contributed by atoms with van der Waals surface area (Å²) in [6.07, 6.45) is 0. The summed E-state index contributed by atoms with van der Waals surface area (Å²) in [5.41, 5.74) is 3.63. The van der Waals surface area contributed by atoms with Crippen LogP contribution in [0.1, 0.15) is 21.5 Å². The highest BCUT2D eigenvalue weighted by atomic mass is 16.5. The molecule has 0 unspecified atom stereocenters. The predicted molar refractivity (Wildman–Crippen MR) is 83.4 cm³/mol. The van der Waals surface area contributed by atoms with Gasteiger partial charge in [0.25, 0.3) is 5.91 Å².